The summed E-state index contributed by atoms with van der Waals surface area (Å²) >= 11 is 4.92. The lowest BCUT2D eigenvalue weighted by molar-refractivity contribution is 0.0264. The van der Waals surface area contributed by atoms with Crippen molar-refractivity contribution in [2.75, 3.05) is 97.3 Å². The van der Waals surface area contributed by atoms with Gasteiger partial charge in [-0.05, 0) is 81.0 Å². The van der Waals surface area contributed by atoms with Gasteiger partial charge in [-0.1, -0.05) is 0 Å². The third-order valence-corrected chi connectivity index (χ3v) is 11.4. The summed E-state index contributed by atoms with van der Waals surface area (Å²) in [5, 5.41) is 3.50. The normalized spacial score (nSPS) is 18.2. The molecule has 15 heteroatoms. The summed E-state index contributed by atoms with van der Waals surface area (Å²) in [7, 11) is 4.81. The largest absolute Gasteiger partial charge is 0.493 e. The quantitative estimate of drug-likeness (QED) is 0.0967. The van der Waals surface area contributed by atoms with E-state index in [9.17, 15) is 9.59 Å². The number of aliphatic imine (C=N–C) groups is 1. The highest BCUT2D eigenvalue weighted by molar-refractivity contribution is 7.81. The first-order valence-corrected chi connectivity index (χ1v) is 21.3. The van der Waals surface area contributed by atoms with Crippen LogP contribution in [0.5, 0.6) is 23.0 Å². The highest BCUT2D eigenvalue weighted by Crippen LogP contribution is 2.40. The number of nitrogens with one attached hydrogen (secondary N) is 1. The zero-order valence-electron chi connectivity index (χ0n) is 35.5. The Labute approximate surface area is 358 Å². The van der Waals surface area contributed by atoms with Gasteiger partial charge in [0.05, 0.1) is 75.8 Å². The molecule has 4 heterocycles. The molecule has 0 saturated carbocycles. The fourth-order valence-electron chi connectivity index (χ4n) is 8.29. The second-order valence-corrected chi connectivity index (χ2v) is 17.5. The van der Waals surface area contributed by atoms with Crippen molar-refractivity contribution in [1.29, 1.82) is 0 Å². The van der Waals surface area contributed by atoms with Crippen LogP contribution in [0.4, 0.5) is 17.1 Å². The van der Waals surface area contributed by atoms with E-state index < -0.39 is 0 Å². The van der Waals surface area contributed by atoms with Gasteiger partial charge in [0.15, 0.2) is 23.0 Å². The first-order valence-electron chi connectivity index (χ1n) is 20.9. The van der Waals surface area contributed by atoms with E-state index >= 15 is 0 Å². The number of hydrogen-bond acceptors (Lipinski definition) is 13. The van der Waals surface area contributed by atoms with Gasteiger partial charge in [-0.2, -0.15) is 12.6 Å². The molecule has 7 rings (SSSR count). The highest BCUT2D eigenvalue weighted by Gasteiger charge is 2.35. The molecule has 0 bridgehead atoms. The summed E-state index contributed by atoms with van der Waals surface area (Å²) in [6, 6.07) is 13.6. The lowest BCUT2D eigenvalue weighted by Crippen LogP contribution is -2.37. The molecule has 3 aromatic rings. The van der Waals surface area contributed by atoms with Gasteiger partial charge in [0.1, 0.15) is 13.2 Å². The Hall–Kier alpha value is -4.70. The number of rotatable bonds is 20. The van der Waals surface area contributed by atoms with Crippen LogP contribution in [0.3, 0.4) is 0 Å². The molecule has 14 nitrogen and oxygen atoms in total. The van der Waals surface area contributed by atoms with Crippen molar-refractivity contribution < 1.29 is 42.7 Å². The van der Waals surface area contributed by atoms with Crippen LogP contribution in [0.1, 0.15) is 71.4 Å². The number of methoxy groups -OCH3 is 3. The molecule has 0 spiro atoms. The van der Waals surface area contributed by atoms with Crippen LogP contribution in [0, 0.1) is 0 Å². The Bertz CT molecular complexity index is 2020. The fraction of sp³-hybridized carbons (Fsp3) is 0.533. The highest BCUT2D eigenvalue weighted by atomic mass is 32.1. The molecule has 2 atom stereocenters. The Balaban J connectivity index is 1.15. The summed E-state index contributed by atoms with van der Waals surface area (Å²) in [4.78, 5) is 37.9. The van der Waals surface area contributed by atoms with Crippen molar-refractivity contribution in [2.24, 2.45) is 4.99 Å². The molecule has 4 aliphatic rings. The minimum Gasteiger partial charge on any atom is -0.493 e. The molecule has 3 aromatic carbocycles. The zero-order valence-corrected chi connectivity index (χ0v) is 36.4. The van der Waals surface area contributed by atoms with Crippen molar-refractivity contribution in [3.63, 3.8) is 0 Å². The van der Waals surface area contributed by atoms with E-state index in [1.165, 1.54) is 0 Å². The number of amides is 2. The molecular weight excluding hydrogens is 787 g/mol. The van der Waals surface area contributed by atoms with Crippen LogP contribution in [0.25, 0.3) is 0 Å². The van der Waals surface area contributed by atoms with E-state index in [-0.39, 0.29) is 41.9 Å². The van der Waals surface area contributed by atoms with Crippen molar-refractivity contribution in [3.8, 4) is 23.0 Å². The van der Waals surface area contributed by atoms with Gasteiger partial charge < -0.3 is 53.2 Å². The fourth-order valence-corrected chi connectivity index (χ4v) is 8.46. The smallest absolute Gasteiger partial charge is 0.256 e. The predicted molar refractivity (Wildman–Crippen MR) is 235 cm³/mol. The Morgan fingerprint density at radius 3 is 2.10 bits per heavy atom. The topological polar surface area (TPSA) is 133 Å². The molecule has 2 amide bonds. The standard InChI is InChI=1S/C45H59N5O9S/c1-45(2,60)29-48(12-13-56-16-17-57-15-14-53-3)34-19-30(27-58-41-23-37-35(21-39(41)54-4)43(51)49-10-6-8-32(49)25-46-37)18-31(20-34)28-59-42-24-38-36(22-40(42)55-5)44(52)50-11-7-9-33(50)26-47-38/h18-25,32-33,47,60H,6-17,26-29H2,1-5H3/t32-,33-/m0/s1. The van der Waals surface area contributed by atoms with Gasteiger partial charge in [0.25, 0.3) is 11.8 Å². The van der Waals surface area contributed by atoms with Crippen LogP contribution < -0.4 is 29.2 Å². The number of carbonyl (C=O) groups is 2. The number of ether oxygens (including phenoxy) is 7. The van der Waals surface area contributed by atoms with Crippen molar-refractivity contribution in [1.82, 2.24) is 9.80 Å². The third-order valence-electron chi connectivity index (χ3n) is 11.2. The Morgan fingerprint density at radius 2 is 1.40 bits per heavy atom. The Kier molecular flexibility index (Phi) is 14.3. The van der Waals surface area contributed by atoms with Gasteiger partial charge in [0, 0.05) is 74.7 Å². The average Bonchev–Trinajstić information content (AvgIpc) is 3.87. The van der Waals surface area contributed by atoms with E-state index in [1.807, 2.05) is 22.1 Å². The second kappa shape index (κ2) is 19.8. The van der Waals surface area contributed by atoms with Crippen molar-refractivity contribution in [2.45, 2.75) is 69.6 Å². The van der Waals surface area contributed by atoms with Gasteiger partial charge in [-0.25, -0.2) is 0 Å². The second-order valence-electron chi connectivity index (χ2n) is 16.3. The van der Waals surface area contributed by atoms with E-state index in [2.05, 4.69) is 42.3 Å². The SMILES string of the molecule is COCCOCCOCCN(CC(C)(C)S)c1cc(COc2cc3c(cc2OC)C(=O)N2CCC[C@H]2C=N3)cc(COc2cc3c(cc2OC)C(=O)N2CCC[C@H]2CN3)c1. The molecule has 2 saturated heterocycles. The zero-order chi connectivity index (χ0) is 42.2. The van der Waals surface area contributed by atoms with E-state index in [4.69, 9.17) is 50.8 Å². The monoisotopic (exact) mass is 845 g/mol. The maximum Gasteiger partial charge on any atom is 0.256 e. The lowest BCUT2D eigenvalue weighted by Gasteiger charge is -2.32. The minimum absolute atomic E-state index is 0.00401. The van der Waals surface area contributed by atoms with E-state index in [0.29, 0.717) is 99.0 Å². The van der Waals surface area contributed by atoms with Crippen molar-refractivity contribution in [3.05, 3.63) is 64.7 Å². The molecule has 60 heavy (non-hydrogen) atoms. The number of hydrogen-bond donors (Lipinski definition) is 2. The van der Waals surface area contributed by atoms with Gasteiger partial charge >= 0.3 is 0 Å². The molecule has 0 unspecified atom stereocenters. The summed E-state index contributed by atoms with van der Waals surface area (Å²) in [5.41, 5.74) is 5.12. The van der Waals surface area contributed by atoms with Crippen LogP contribution in [0.2, 0.25) is 0 Å². The Morgan fingerprint density at radius 1 is 0.767 bits per heavy atom. The molecule has 2 fully saturated rings. The number of benzene rings is 3. The molecule has 0 aromatic heterocycles. The first kappa shape index (κ1) is 43.4. The molecule has 4 aliphatic heterocycles. The first-order chi connectivity index (χ1) is 29.0. The molecule has 0 aliphatic carbocycles. The van der Waals surface area contributed by atoms with Gasteiger partial charge in [-0.3, -0.25) is 14.6 Å². The maximum atomic E-state index is 13.5. The molecule has 0 radical (unpaired) electrons. The summed E-state index contributed by atoms with van der Waals surface area (Å²) in [5.74, 6) is 1.93. The van der Waals surface area contributed by atoms with Crippen LogP contribution >= 0.6 is 12.6 Å². The summed E-state index contributed by atoms with van der Waals surface area (Å²) in [6.07, 6.45) is 5.72. The summed E-state index contributed by atoms with van der Waals surface area (Å²) < 4.78 is 40.9. The summed E-state index contributed by atoms with van der Waals surface area (Å²) in [6.45, 7) is 10.5. The number of thiol groups is 1. The number of fused-ring (bicyclic) bond motifs is 4. The van der Waals surface area contributed by atoms with E-state index in [0.717, 1.165) is 54.7 Å². The number of anilines is 2. The van der Waals surface area contributed by atoms with Crippen LogP contribution in [-0.4, -0.2) is 132 Å². The van der Waals surface area contributed by atoms with Crippen LogP contribution in [0.15, 0.2) is 47.5 Å². The average molecular weight is 846 g/mol. The predicted octanol–water partition coefficient (Wildman–Crippen LogP) is 6.41. The van der Waals surface area contributed by atoms with E-state index in [1.54, 1.807) is 39.5 Å². The molecular formula is C45H59N5O9S. The number of carbonyl (C=O) groups excluding carboxylic acids is 2. The minimum atomic E-state index is -0.330. The maximum absolute atomic E-state index is 13.5. The van der Waals surface area contributed by atoms with Crippen LogP contribution in [-0.2, 0) is 27.4 Å². The van der Waals surface area contributed by atoms with Gasteiger partial charge in [0.2, 0.25) is 0 Å². The van der Waals surface area contributed by atoms with Crippen molar-refractivity contribution >= 4 is 47.7 Å². The molecule has 1 N–H and O–H groups in total. The lowest BCUT2D eigenvalue weighted by atomic mass is 10.1. The molecule has 324 valence electrons. The number of nitrogens with zero attached hydrogens (tertiary/aromatic N) is 4. The van der Waals surface area contributed by atoms with Gasteiger partial charge in [-0.15, -0.1) is 0 Å². The third kappa shape index (κ3) is 10.4.